The average Bonchev–Trinajstić information content (AvgIpc) is 3.68. The van der Waals surface area contributed by atoms with Gasteiger partial charge in [0.05, 0.1) is 15.0 Å². The van der Waals surface area contributed by atoms with Crippen molar-refractivity contribution in [2.45, 2.75) is 76.7 Å². The van der Waals surface area contributed by atoms with Gasteiger partial charge in [-0.3, -0.25) is 0 Å². The molecule has 5 rings (SSSR count). The monoisotopic (exact) mass is 713 g/mol. The van der Waals surface area contributed by atoms with Crippen LogP contribution in [0.25, 0.3) is 0 Å². The Balaban J connectivity index is 1.31. The summed E-state index contributed by atoms with van der Waals surface area (Å²) in [6.45, 7) is 17.3. The molecule has 0 radical (unpaired) electrons. The summed E-state index contributed by atoms with van der Waals surface area (Å²) >= 11 is 19.4. The Hall–Kier alpha value is -1.72. The highest BCUT2D eigenvalue weighted by atomic mass is 35.5. The molecule has 1 unspecified atom stereocenters. The van der Waals surface area contributed by atoms with Crippen molar-refractivity contribution in [1.82, 2.24) is 4.90 Å². The zero-order valence-electron chi connectivity index (χ0n) is 28.2. The van der Waals surface area contributed by atoms with Crippen LogP contribution < -0.4 is 15.1 Å². The number of hydrogen-bond donors (Lipinski definition) is 0. The lowest BCUT2D eigenvalue weighted by Gasteiger charge is -2.44. The van der Waals surface area contributed by atoms with Crippen molar-refractivity contribution in [2.24, 2.45) is 5.41 Å². The van der Waals surface area contributed by atoms with Gasteiger partial charge < -0.3 is 18.8 Å². The van der Waals surface area contributed by atoms with Crippen LogP contribution >= 0.6 is 35.4 Å². The SMILES string of the molecule is CC(C)(C)[Si](OCC1(CN2CC(c3c(OCOCC[Si](C)(C)C)ccc(Cl)c3Cl)CC2=S)CC1)(c1ccccc1)c1ccccc1. The Morgan fingerprint density at radius 3 is 2.07 bits per heavy atom. The second-order valence-corrected chi connectivity index (χ2v) is 26.6. The van der Waals surface area contributed by atoms with Crippen molar-refractivity contribution in [1.29, 1.82) is 0 Å². The number of thiocarbonyl (C=S) groups is 1. The van der Waals surface area contributed by atoms with Gasteiger partial charge in [-0.1, -0.05) is 136 Å². The van der Waals surface area contributed by atoms with Gasteiger partial charge in [0.15, 0.2) is 6.79 Å². The van der Waals surface area contributed by atoms with Gasteiger partial charge in [0.2, 0.25) is 0 Å². The van der Waals surface area contributed by atoms with Crippen LogP contribution in [-0.4, -0.2) is 59.4 Å². The van der Waals surface area contributed by atoms with E-state index in [1.165, 1.54) is 10.4 Å². The molecule has 9 heteroatoms. The van der Waals surface area contributed by atoms with E-state index in [0.717, 1.165) is 54.7 Å². The van der Waals surface area contributed by atoms with Crippen LogP contribution in [0.5, 0.6) is 5.75 Å². The van der Waals surface area contributed by atoms with Crippen molar-refractivity contribution >= 4 is 67.2 Å². The topological polar surface area (TPSA) is 30.9 Å². The van der Waals surface area contributed by atoms with E-state index < -0.39 is 16.4 Å². The van der Waals surface area contributed by atoms with E-state index in [1.807, 2.05) is 6.07 Å². The second-order valence-electron chi connectivity index (χ2n) is 15.4. The molecule has 0 amide bonds. The first kappa shape index (κ1) is 35.6. The Kier molecular flexibility index (Phi) is 11.1. The van der Waals surface area contributed by atoms with Crippen LogP contribution in [0.3, 0.4) is 0 Å². The summed E-state index contributed by atoms with van der Waals surface area (Å²) < 4.78 is 19.4. The van der Waals surface area contributed by atoms with E-state index in [1.54, 1.807) is 6.07 Å². The first-order valence-electron chi connectivity index (χ1n) is 16.5. The van der Waals surface area contributed by atoms with E-state index in [9.17, 15) is 0 Å². The summed E-state index contributed by atoms with van der Waals surface area (Å²) in [5.41, 5.74) is 1.01. The molecule has 0 N–H and O–H groups in total. The van der Waals surface area contributed by atoms with Gasteiger partial charge in [-0.25, -0.2) is 0 Å². The molecule has 1 aliphatic heterocycles. The van der Waals surface area contributed by atoms with Crippen LogP contribution in [0.4, 0.5) is 0 Å². The Morgan fingerprint density at radius 1 is 0.913 bits per heavy atom. The third-order valence-corrected chi connectivity index (χ3v) is 17.4. The highest BCUT2D eigenvalue weighted by Gasteiger charge is 2.54. The van der Waals surface area contributed by atoms with E-state index in [-0.39, 0.29) is 23.2 Å². The molecule has 0 spiro atoms. The molecule has 2 fully saturated rings. The molecule has 1 atom stereocenters. The summed E-state index contributed by atoms with van der Waals surface area (Å²) in [4.78, 5) is 3.35. The van der Waals surface area contributed by atoms with E-state index in [2.05, 4.69) is 106 Å². The maximum absolute atomic E-state index is 7.39. The lowest BCUT2D eigenvalue weighted by atomic mass is 9.97. The van der Waals surface area contributed by atoms with Crippen molar-refractivity contribution in [3.8, 4) is 5.75 Å². The van der Waals surface area contributed by atoms with Gasteiger partial charge in [0, 0.05) is 57.7 Å². The van der Waals surface area contributed by atoms with Crippen LogP contribution in [-0.2, 0) is 9.16 Å². The lowest BCUT2D eigenvalue weighted by molar-refractivity contribution is 0.0213. The third-order valence-electron chi connectivity index (χ3n) is 9.50. The number of likely N-dealkylation sites (tertiary alicyclic amines) is 1. The molecule has 1 saturated carbocycles. The Morgan fingerprint density at radius 2 is 1.52 bits per heavy atom. The zero-order valence-corrected chi connectivity index (χ0v) is 32.5. The van der Waals surface area contributed by atoms with Crippen molar-refractivity contribution < 1.29 is 13.9 Å². The molecule has 1 heterocycles. The standard InChI is InChI=1S/C37H49Cl2NO3SSi2/c1-36(2,3)46(29-13-9-7-10-14-29,30-15-11-8-12-16-30)43-26-37(19-20-37)25-40-24-28(23-33(40)44)34-32(18-17-31(38)35(34)39)42-27-41-21-22-45(4,5)6/h7-18,28H,19-27H2,1-6H3. The van der Waals surface area contributed by atoms with E-state index in [4.69, 9.17) is 49.3 Å². The number of ether oxygens (including phenoxy) is 2. The lowest BCUT2D eigenvalue weighted by Crippen LogP contribution is -2.67. The fourth-order valence-corrected chi connectivity index (χ4v) is 12.9. The number of hydrogen-bond acceptors (Lipinski definition) is 4. The molecule has 0 bridgehead atoms. The minimum absolute atomic E-state index is 0.0576. The molecule has 248 valence electrons. The average molecular weight is 715 g/mol. The van der Waals surface area contributed by atoms with Crippen LogP contribution in [0.15, 0.2) is 72.8 Å². The first-order valence-corrected chi connectivity index (χ1v) is 23.2. The minimum Gasteiger partial charge on any atom is -0.467 e. The predicted molar refractivity (Wildman–Crippen MR) is 203 cm³/mol. The van der Waals surface area contributed by atoms with Crippen molar-refractivity contribution in [3.05, 3.63) is 88.4 Å². The molecule has 3 aromatic carbocycles. The number of rotatable bonds is 14. The molecule has 46 heavy (non-hydrogen) atoms. The van der Waals surface area contributed by atoms with Gasteiger partial charge in [0.1, 0.15) is 5.75 Å². The van der Waals surface area contributed by atoms with Gasteiger partial charge in [-0.05, 0) is 46.4 Å². The van der Waals surface area contributed by atoms with E-state index in [0.29, 0.717) is 23.3 Å². The summed E-state index contributed by atoms with van der Waals surface area (Å²) in [6.07, 6.45) is 3.01. The maximum atomic E-state index is 7.39. The molecule has 1 saturated heterocycles. The normalized spacial score (nSPS) is 18.2. The highest BCUT2D eigenvalue weighted by Crippen LogP contribution is 2.50. The highest BCUT2D eigenvalue weighted by molar-refractivity contribution is 7.80. The molecule has 1 aliphatic carbocycles. The fraction of sp³-hybridized carbons (Fsp3) is 0.486. The number of nitrogens with zero attached hydrogens (tertiary/aromatic N) is 1. The molecular formula is C37H49Cl2NO3SSi2. The third kappa shape index (κ3) is 8.11. The summed E-state index contributed by atoms with van der Waals surface area (Å²) in [6, 6.07) is 26.6. The van der Waals surface area contributed by atoms with Gasteiger partial charge in [-0.15, -0.1) is 0 Å². The number of halogens is 2. The predicted octanol–water partition coefficient (Wildman–Crippen LogP) is 9.16. The van der Waals surface area contributed by atoms with Gasteiger partial charge in [-0.2, -0.15) is 0 Å². The quantitative estimate of drug-likeness (QED) is 0.0720. The summed E-state index contributed by atoms with van der Waals surface area (Å²) in [5, 5.41) is 3.65. The van der Waals surface area contributed by atoms with Crippen LogP contribution in [0.1, 0.15) is 51.5 Å². The smallest absolute Gasteiger partial charge is 0.261 e. The molecular weight excluding hydrogens is 666 g/mol. The molecule has 2 aliphatic rings. The zero-order chi connectivity index (χ0) is 33.2. The first-order chi connectivity index (χ1) is 21.7. The molecule has 3 aromatic rings. The molecule has 0 aromatic heterocycles. The van der Waals surface area contributed by atoms with Crippen LogP contribution in [0.2, 0.25) is 40.8 Å². The second kappa shape index (κ2) is 14.4. The summed E-state index contributed by atoms with van der Waals surface area (Å²) in [7, 11) is -3.79. The number of benzene rings is 3. The summed E-state index contributed by atoms with van der Waals surface area (Å²) in [5.74, 6) is 0.831. The van der Waals surface area contributed by atoms with Gasteiger partial charge in [0.25, 0.3) is 8.32 Å². The van der Waals surface area contributed by atoms with E-state index >= 15 is 0 Å². The van der Waals surface area contributed by atoms with Crippen molar-refractivity contribution in [2.75, 3.05) is 33.1 Å². The molecule has 4 nitrogen and oxygen atoms in total. The van der Waals surface area contributed by atoms with Gasteiger partial charge >= 0.3 is 0 Å². The minimum atomic E-state index is -2.62. The van der Waals surface area contributed by atoms with Crippen LogP contribution in [0, 0.1) is 5.41 Å². The van der Waals surface area contributed by atoms with Crippen molar-refractivity contribution in [3.63, 3.8) is 0 Å². The Labute approximate surface area is 293 Å². The fourth-order valence-electron chi connectivity index (χ4n) is 6.67. The maximum Gasteiger partial charge on any atom is 0.261 e. The largest absolute Gasteiger partial charge is 0.467 e. The Bertz CT molecular complexity index is 1450.